The molecular formula is C21H27N3O2S. The molecular weight excluding hydrogens is 358 g/mol. The van der Waals surface area contributed by atoms with Gasteiger partial charge in [0.2, 0.25) is 6.79 Å². The molecule has 1 heterocycles. The summed E-state index contributed by atoms with van der Waals surface area (Å²) in [6.07, 6.45) is 1.05. The molecule has 1 aliphatic rings. The minimum absolute atomic E-state index is 0.251. The maximum atomic E-state index is 5.45. The van der Waals surface area contributed by atoms with Crippen LogP contribution >= 0.6 is 12.2 Å². The summed E-state index contributed by atoms with van der Waals surface area (Å²) in [6, 6.07) is 15.0. The van der Waals surface area contributed by atoms with E-state index in [-0.39, 0.29) is 12.8 Å². The van der Waals surface area contributed by atoms with E-state index in [0.717, 1.165) is 30.0 Å². The Hall–Kier alpha value is -2.31. The van der Waals surface area contributed by atoms with Crippen molar-refractivity contribution < 1.29 is 9.47 Å². The van der Waals surface area contributed by atoms with Crippen molar-refractivity contribution in [3.63, 3.8) is 0 Å². The summed E-state index contributed by atoms with van der Waals surface area (Å²) in [5.41, 5.74) is 3.73. The third-order valence-corrected chi connectivity index (χ3v) is 5.03. The van der Waals surface area contributed by atoms with E-state index in [9.17, 15) is 0 Å². The SMILES string of the molecule is CCc1ccc([C@@H](CNC(=S)NCc2ccc3c(c2)OCO3)N(C)C)cc1. The fourth-order valence-corrected chi connectivity index (χ4v) is 3.21. The summed E-state index contributed by atoms with van der Waals surface area (Å²) in [5, 5.41) is 7.24. The predicted octanol–water partition coefficient (Wildman–Crippen LogP) is 3.24. The van der Waals surface area contributed by atoms with Crippen LogP contribution in [0.3, 0.4) is 0 Å². The zero-order chi connectivity index (χ0) is 19.2. The number of hydrogen-bond donors (Lipinski definition) is 2. The molecule has 5 nitrogen and oxygen atoms in total. The van der Waals surface area contributed by atoms with Gasteiger partial charge in [0, 0.05) is 13.1 Å². The smallest absolute Gasteiger partial charge is 0.231 e. The van der Waals surface area contributed by atoms with Gasteiger partial charge < -0.3 is 25.0 Å². The standard InChI is InChI=1S/C21H27N3O2S/c1-4-15-5-8-17(9-6-15)18(24(2)3)13-23-21(27)22-12-16-7-10-19-20(11-16)26-14-25-19/h5-11,18H,4,12-14H2,1-3H3,(H2,22,23,27)/t18-/m1/s1. The van der Waals surface area contributed by atoms with E-state index in [2.05, 4.69) is 60.8 Å². The Morgan fingerprint density at radius 3 is 2.44 bits per heavy atom. The molecule has 0 spiro atoms. The summed E-state index contributed by atoms with van der Waals surface area (Å²) in [7, 11) is 4.17. The van der Waals surface area contributed by atoms with Crippen LogP contribution in [-0.2, 0) is 13.0 Å². The Bertz CT molecular complexity index is 777. The Labute approximate surface area is 166 Å². The van der Waals surface area contributed by atoms with E-state index in [1.807, 2.05) is 18.2 Å². The van der Waals surface area contributed by atoms with Crippen molar-refractivity contribution in [3.8, 4) is 11.5 Å². The van der Waals surface area contributed by atoms with Crippen molar-refractivity contribution in [1.82, 2.24) is 15.5 Å². The van der Waals surface area contributed by atoms with Crippen LogP contribution < -0.4 is 20.1 Å². The number of ether oxygens (including phenoxy) is 2. The third kappa shape index (κ3) is 5.11. The van der Waals surface area contributed by atoms with Gasteiger partial charge in [-0.15, -0.1) is 0 Å². The highest BCUT2D eigenvalue weighted by Crippen LogP contribution is 2.32. The van der Waals surface area contributed by atoms with Crippen LogP contribution in [0.2, 0.25) is 0 Å². The number of aryl methyl sites for hydroxylation is 1. The van der Waals surface area contributed by atoms with Gasteiger partial charge in [0.05, 0.1) is 6.04 Å². The number of thiocarbonyl (C=S) groups is 1. The first-order valence-electron chi connectivity index (χ1n) is 9.22. The second-order valence-corrected chi connectivity index (χ2v) is 7.23. The van der Waals surface area contributed by atoms with Gasteiger partial charge in [0.15, 0.2) is 16.6 Å². The number of benzene rings is 2. The Morgan fingerprint density at radius 1 is 1.04 bits per heavy atom. The Kier molecular flexibility index (Phi) is 6.53. The third-order valence-electron chi connectivity index (χ3n) is 4.74. The van der Waals surface area contributed by atoms with E-state index in [1.54, 1.807) is 0 Å². The van der Waals surface area contributed by atoms with Crippen molar-refractivity contribution >= 4 is 17.3 Å². The molecule has 2 aromatic rings. The van der Waals surface area contributed by atoms with Gasteiger partial charge in [-0.2, -0.15) is 0 Å². The molecule has 2 N–H and O–H groups in total. The maximum absolute atomic E-state index is 5.45. The minimum atomic E-state index is 0.251. The molecule has 0 amide bonds. The van der Waals surface area contributed by atoms with Crippen LogP contribution in [-0.4, -0.2) is 37.4 Å². The lowest BCUT2D eigenvalue weighted by Gasteiger charge is -2.26. The largest absolute Gasteiger partial charge is 0.454 e. The second-order valence-electron chi connectivity index (χ2n) is 6.83. The fraction of sp³-hybridized carbons (Fsp3) is 0.381. The number of nitrogens with one attached hydrogen (secondary N) is 2. The van der Waals surface area contributed by atoms with Crippen LogP contribution in [0.25, 0.3) is 0 Å². The van der Waals surface area contributed by atoms with Crippen LogP contribution in [0, 0.1) is 0 Å². The summed E-state index contributed by atoms with van der Waals surface area (Å²) in [5.74, 6) is 1.58. The monoisotopic (exact) mass is 385 g/mol. The fourth-order valence-electron chi connectivity index (χ4n) is 3.06. The molecule has 2 aromatic carbocycles. The van der Waals surface area contributed by atoms with E-state index >= 15 is 0 Å². The van der Waals surface area contributed by atoms with E-state index < -0.39 is 0 Å². The number of hydrogen-bond acceptors (Lipinski definition) is 4. The summed E-state index contributed by atoms with van der Waals surface area (Å²) < 4.78 is 10.8. The van der Waals surface area contributed by atoms with Gasteiger partial charge in [-0.05, 0) is 61.6 Å². The first-order valence-corrected chi connectivity index (χ1v) is 9.63. The highest BCUT2D eigenvalue weighted by molar-refractivity contribution is 7.80. The molecule has 0 fully saturated rings. The van der Waals surface area contributed by atoms with Gasteiger partial charge in [-0.25, -0.2) is 0 Å². The Morgan fingerprint density at radius 2 is 1.74 bits per heavy atom. The average molecular weight is 386 g/mol. The molecule has 6 heteroatoms. The number of likely N-dealkylation sites (N-methyl/N-ethyl adjacent to an activating group) is 1. The molecule has 0 bridgehead atoms. The molecule has 0 radical (unpaired) electrons. The molecule has 0 unspecified atom stereocenters. The molecule has 0 aromatic heterocycles. The van der Waals surface area contributed by atoms with Gasteiger partial charge in [-0.3, -0.25) is 0 Å². The van der Waals surface area contributed by atoms with E-state index in [0.29, 0.717) is 11.7 Å². The normalized spacial score (nSPS) is 13.5. The van der Waals surface area contributed by atoms with E-state index in [4.69, 9.17) is 21.7 Å². The van der Waals surface area contributed by atoms with Crippen LogP contribution in [0.15, 0.2) is 42.5 Å². The molecule has 1 atom stereocenters. The minimum Gasteiger partial charge on any atom is -0.454 e. The zero-order valence-electron chi connectivity index (χ0n) is 16.1. The number of nitrogens with zero attached hydrogens (tertiary/aromatic N) is 1. The van der Waals surface area contributed by atoms with Gasteiger partial charge in [-0.1, -0.05) is 37.3 Å². The Balaban J connectivity index is 1.51. The zero-order valence-corrected chi connectivity index (χ0v) is 16.9. The molecule has 0 saturated heterocycles. The van der Waals surface area contributed by atoms with Gasteiger partial charge >= 0.3 is 0 Å². The average Bonchev–Trinajstić information content (AvgIpc) is 3.14. The molecule has 0 saturated carbocycles. The van der Waals surface area contributed by atoms with E-state index in [1.165, 1.54) is 11.1 Å². The molecule has 144 valence electrons. The summed E-state index contributed by atoms with van der Waals surface area (Å²) >= 11 is 5.45. The topological polar surface area (TPSA) is 45.8 Å². The number of rotatable bonds is 7. The van der Waals surface area contributed by atoms with Gasteiger partial charge in [0.25, 0.3) is 0 Å². The van der Waals surface area contributed by atoms with Crippen molar-refractivity contribution in [1.29, 1.82) is 0 Å². The maximum Gasteiger partial charge on any atom is 0.231 e. The highest BCUT2D eigenvalue weighted by atomic mass is 32.1. The molecule has 27 heavy (non-hydrogen) atoms. The van der Waals surface area contributed by atoms with Gasteiger partial charge in [0.1, 0.15) is 0 Å². The van der Waals surface area contributed by atoms with Crippen molar-refractivity contribution in [2.24, 2.45) is 0 Å². The second kappa shape index (κ2) is 9.06. The molecule has 0 aliphatic carbocycles. The van der Waals surface area contributed by atoms with Crippen LogP contribution in [0.4, 0.5) is 0 Å². The first-order chi connectivity index (χ1) is 13.1. The lowest BCUT2D eigenvalue weighted by molar-refractivity contribution is 0.174. The molecule has 3 rings (SSSR count). The van der Waals surface area contributed by atoms with Crippen molar-refractivity contribution in [2.45, 2.75) is 25.9 Å². The summed E-state index contributed by atoms with van der Waals surface area (Å²) in [6.45, 7) is 3.84. The first kappa shape index (κ1) is 19.5. The summed E-state index contributed by atoms with van der Waals surface area (Å²) in [4.78, 5) is 2.20. The van der Waals surface area contributed by atoms with Crippen LogP contribution in [0.5, 0.6) is 11.5 Å². The van der Waals surface area contributed by atoms with Crippen LogP contribution in [0.1, 0.15) is 29.7 Å². The number of fused-ring (bicyclic) bond motifs is 1. The molecule has 1 aliphatic heterocycles. The lowest BCUT2D eigenvalue weighted by Crippen LogP contribution is -2.40. The van der Waals surface area contributed by atoms with Crippen molar-refractivity contribution in [3.05, 3.63) is 59.2 Å². The highest BCUT2D eigenvalue weighted by Gasteiger charge is 2.15. The predicted molar refractivity (Wildman–Crippen MR) is 112 cm³/mol. The lowest BCUT2D eigenvalue weighted by atomic mass is 10.0. The quantitative estimate of drug-likeness (QED) is 0.714. The van der Waals surface area contributed by atoms with Crippen molar-refractivity contribution in [2.75, 3.05) is 27.4 Å².